The Labute approximate surface area is 424 Å². The average molecular weight is 931 g/mol. The standard InChI is InChI=1S/C68H58N4/c1-49-16-15-27-63(44-49)71(66-32-29-52-18-10-13-21-55(52)47-66)62-40-38-61(39-41-62)70(60-36-34-59(35-37-60)69(57-23-5-3-6-24-57)65-31-28-51-17-9-12-20-54(51)46-65)64-42-43-68(50(2)45-64)72(58-25-7-4-8-26-58)67-33-30-53-19-11-14-22-56(53)48-67/h3-13,15-21,23-43,45-50,68H,14,22,44H2,1-2H3. The Kier molecular flexibility index (Phi) is 12.2. The van der Waals surface area contributed by atoms with E-state index in [1.807, 2.05) is 0 Å². The topological polar surface area (TPSA) is 13.0 Å². The summed E-state index contributed by atoms with van der Waals surface area (Å²) in [5.74, 6) is 0.614. The zero-order valence-electron chi connectivity index (χ0n) is 41.0. The maximum Gasteiger partial charge on any atom is 0.0586 e. The quantitative estimate of drug-likeness (QED) is 0.121. The molecule has 0 bridgehead atoms. The van der Waals surface area contributed by atoms with Crippen LogP contribution in [0.5, 0.6) is 0 Å². The Morgan fingerprint density at radius 2 is 0.931 bits per heavy atom. The van der Waals surface area contributed by atoms with Gasteiger partial charge in [-0.15, -0.1) is 0 Å². The van der Waals surface area contributed by atoms with Crippen LogP contribution in [0.1, 0.15) is 37.8 Å². The molecule has 9 aromatic rings. The average Bonchev–Trinajstić information content (AvgIpc) is 3.43. The molecular weight excluding hydrogens is 873 g/mol. The number of benzene rings is 9. The fourth-order valence-corrected chi connectivity index (χ4v) is 11.0. The molecule has 0 aromatic heterocycles. The lowest BCUT2D eigenvalue weighted by atomic mass is 9.91. The normalized spacial score (nSPS) is 17.0. The number of hydrogen-bond acceptors (Lipinski definition) is 4. The third-order valence-electron chi connectivity index (χ3n) is 14.6. The van der Waals surface area contributed by atoms with Crippen molar-refractivity contribution >= 4 is 78.8 Å². The van der Waals surface area contributed by atoms with E-state index in [0.29, 0.717) is 5.92 Å². The largest absolute Gasteiger partial charge is 0.334 e. The summed E-state index contributed by atoms with van der Waals surface area (Å²) in [5, 5.41) is 4.91. The van der Waals surface area contributed by atoms with E-state index in [0.717, 1.165) is 64.8 Å². The Balaban J connectivity index is 0.946. The fourth-order valence-electron chi connectivity index (χ4n) is 11.0. The molecule has 0 heterocycles. The molecule has 0 aliphatic heterocycles. The number of anilines is 9. The molecule has 0 spiro atoms. The number of para-hydroxylation sites is 2. The number of hydrogen-bond donors (Lipinski definition) is 0. The molecule has 4 heteroatoms. The molecule has 3 aliphatic carbocycles. The van der Waals surface area contributed by atoms with Crippen molar-refractivity contribution in [3.8, 4) is 0 Å². The van der Waals surface area contributed by atoms with E-state index in [9.17, 15) is 0 Å². The second kappa shape index (κ2) is 19.7. The van der Waals surface area contributed by atoms with Crippen LogP contribution in [0.25, 0.3) is 27.6 Å². The van der Waals surface area contributed by atoms with Gasteiger partial charge in [0.25, 0.3) is 0 Å². The van der Waals surface area contributed by atoms with Gasteiger partial charge in [0.15, 0.2) is 0 Å². The van der Waals surface area contributed by atoms with Gasteiger partial charge in [-0.05, 0) is 179 Å². The van der Waals surface area contributed by atoms with E-state index in [2.05, 4.69) is 294 Å². The first-order valence-electron chi connectivity index (χ1n) is 25.6. The summed E-state index contributed by atoms with van der Waals surface area (Å²) in [5.41, 5.74) is 15.4. The molecule has 12 rings (SSSR count). The predicted molar refractivity (Wildman–Crippen MR) is 307 cm³/mol. The van der Waals surface area contributed by atoms with Crippen LogP contribution in [-0.2, 0) is 6.42 Å². The third-order valence-corrected chi connectivity index (χ3v) is 14.6. The first kappa shape index (κ1) is 44.6. The van der Waals surface area contributed by atoms with E-state index < -0.39 is 0 Å². The number of allylic oxidation sites excluding steroid dienone is 6. The van der Waals surface area contributed by atoms with Crippen LogP contribution in [0.15, 0.2) is 266 Å². The van der Waals surface area contributed by atoms with Crippen molar-refractivity contribution in [2.24, 2.45) is 11.8 Å². The van der Waals surface area contributed by atoms with E-state index in [4.69, 9.17) is 0 Å². The van der Waals surface area contributed by atoms with Crippen molar-refractivity contribution in [3.63, 3.8) is 0 Å². The number of nitrogens with zero attached hydrogens (tertiary/aromatic N) is 4. The highest BCUT2D eigenvalue weighted by atomic mass is 15.2. The van der Waals surface area contributed by atoms with Crippen LogP contribution in [0.2, 0.25) is 0 Å². The molecule has 0 N–H and O–H groups in total. The van der Waals surface area contributed by atoms with Gasteiger partial charge in [-0.1, -0.05) is 153 Å². The first-order chi connectivity index (χ1) is 35.5. The van der Waals surface area contributed by atoms with Gasteiger partial charge in [-0.25, -0.2) is 0 Å². The van der Waals surface area contributed by atoms with Gasteiger partial charge in [0, 0.05) is 68.5 Å². The lowest BCUT2D eigenvalue weighted by Crippen LogP contribution is -2.36. The lowest BCUT2D eigenvalue weighted by molar-refractivity contribution is 0.603. The highest BCUT2D eigenvalue weighted by Crippen LogP contribution is 2.43. The minimum atomic E-state index is 0.0945. The number of fused-ring (bicyclic) bond motifs is 3. The maximum absolute atomic E-state index is 2.53. The van der Waals surface area contributed by atoms with E-state index >= 15 is 0 Å². The molecule has 0 saturated heterocycles. The first-order valence-corrected chi connectivity index (χ1v) is 25.6. The lowest BCUT2D eigenvalue weighted by Gasteiger charge is -2.39. The summed E-state index contributed by atoms with van der Waals surface area (Å²) in [7, 11) is 0. The molecule has 350 valence electrons. The van der Waals surface area contributed by atoms with Crippen molar-refractivity contribution in [2.75, 3.05) is 19.6 Å². The molecule has 72 heavy (non-hydrogen) atoms. The van der Waals surface area contributed by atoms with Crippen LogP contribution in [0.4, 0.5) is 51.2 Å². The maximum atomic E-state index is 2.53. The summed E-state index contributed by atoms with van der Waals surface area (Å²) < 4.78 is 0. The van der Waals surface area contributed by atoms with Crippen LogP contribution >= 0.6 is 0 Å². The molecule has 0 fully saturated rings. The summed E-state index contributed by atoms with van der Waals surface area (Å²) in [6.45, 7) is 4.67. The molecule has 0 radical (unpaired) electrons. The second-order valence-corrected chi connectivity index (χ2v) is 19.5. The Bertz CT molecular complexity index is 3550. The van der Waals surface area contributed by atoms with Crippen LogP contribution in [0.3, 0.4) is 0 Å². The monoisotopic (exact) mass is 930 g/mol. The SMILES string of the molecule is CC1C=CC=C(N(c2ccc(N(C3=CC(C)C(N(c4ccccc4)c4ccc5c(c4)CCC=C5)C=C3)c3ccc(N(c4ccccc4)c4ccc5ccccc5c4)cc3)cc2)c2ccc3ccccc3c2)C1. The van der Waals surface area contributed by atoms with Crippen LogP contribution in [-0.4, -0.2) is 6.04 Å². The van der Waals surface area contributed by atoms with Crippen molar-refractivity contribution in [3.05, 3.63) is 277 Å². The van der Waals surface area contributed by atoms with Crippen LogP contribution in [0, 0.1) is 11.8 Å². The molecule has 0 saturated carbocycles. The van der Waals surface area contributed by atoms with Crippen molar-refractivity contribution in [1.29, 1.82) is 0 Å². The van der Waals surface area contributed by atoms with Gasteiger partial charge < -0.3 is 19.6 Å². The minimum Gasteiger partial charge on any atom is -0.334 e. The third kappa shape index (κ3) is 8.93. The summed E-state index contributed by atoms with van der Waals surface area (Å²) in [6.07, 6.45) is 21.7. The van der Waals surface area contributed by atoms with E-state index in [1.54, 1.807) is 0 Å². The van der Waals surface area contributed by atoms with Gasteiger partial charge >= 0.3 is 0 Å². The predicted octanol–water partition coefficient (Wildman–Crippen LogP) is 18.5. The van der Waals surface area contributed by atoms with Gasteiger partial charge in [0.2, 0.25) is 0 Å². The van der Waals surface area contributed by atoms with Crippen LogP contribution < -0.4 is 19.6 Å². The molecule has 0 amide bonds. The van der Waals surface area contributed by atoms with Gasteiger partial charge in [-0.2, -0.15) is 0 Å². The Hall–Kier alpha value is -8.60. The zero-order valence-corrected chi connectivity index (χ0v) is 41.0. The molecule has 3 atom stereocenters. The highest BCUT2D eigenvalue weighted by Gasteiger charge is 2.29. The van der Waals surface area contributed by atoms with Gasteiger partial charge in [0.1, 0.15) is 0 Å². The van der Waals surface area contributed by atoms with Crippen molar-refractivity contribution in [2.45, 2.75) is 39.2 Å². The van der Waals surface area contributed by atoms with Crippen molar-refractivity contribution in [1.82, 2.24) is 0 Å². The number of rotatable bonds is 12. The fraction of sp³-hybridized carbons (Fsp3) is 0.118. The highest BCUT2D eigenvalue weighted by molar-refractivity contribution is 5.90. The molecule has 4 nitrogen and oxygen atoms in total. The minimum absolute atomic E-state index is 0.0945. The Morgan fingerprint density at radius 3 is 1.54 bits per heavy atom. The molecule has 3 unspecified atom stereocenters. The smallest absolute Gasteiger partial charge is 0.0586 e. The van der Waals surface area contributed by atoms with E-state index in [1.165, 1.54) is 49.7 Å². The molecular formula is C68H58N4. The molecule has 3 aliphatic rings. The molecule has 9 aromatic carbocycles. The van der Waals surface area contributed by atoms with Gasteiger partial charge in [0.05, 0.1) is 6.04 Å². The van der Waals surface area contributed by atoms with Crippen molar-refractivity contribution < 1.29 is 0 Å². The second-order valence-electron chi connectivity index (χ2n) is 19.5. The summed E-state index contributed by atoms with van der Waals surface area (Å²) in [6, 6.07) is 77.8. The van der Waals surface area contributed by atoms with Gasteiger partial charge in [-0.3, -0.25) is 0 Å². The summed E-state index contributed by atoms with van der Waals surface area (Å²) in [4.78, 5) is 9.77. The summed E-state index contributed by atoms with van der Waals surface area (Å²) >= 11 is 0. The van der Waals surface area contributed by atoms with E-state index in [-0.39, 0.29) is 12.0 Å². The Morgan fingerprint density at radius 1 is 0.417 bits per heavy atom. The number of aryl methyl sites for hydroxylation is 1. The zero-order chi connectivity index (χ0) is 48.4.